The van der Waals surface area contributed by atoms with Crippen LogP contribution in [0.5, 0.6) is 0 Å². The maximum absolute atomic E-state index is 12.8. The molecule has 0 unspecified atom stereocenters. The van der Waals surface area contributed by atoms with Crippen molar-refractivity contribution in [2.45, 2.75) is 39.2 Å². The largest absolute Gasteiger partial charge is 0.481 e. The third-order valence-electron chi connectivity index (χ3n) is 5.62. The Morgan fingerprint density at radius 2 is 1.89 bits per heavy atom. The SMILES string of the molecule is CNC(=O)c1c(-c2ccc(C)cc2)oc2nc(CN(CCCCC(=O)O)[SH](=O)=O)c(CCO)cc12. The van der Waals surface area contributed by atoms with Crippen molar-refractivity contribution in [3.05, 3.63) is 52.7 Å². The number of hydrogen-bond donors (Lipinski definition) is 4. The Labute approximate surface area is 204 Å². The van der Waals surface area contributed by atoms with Gasteiger partial charge >= 0.3 is 5.97 Å². The number of aliphatic carboxylic acids is 1. The molecule has 1 aromatic carbocycles. The molecule has 1 amide bonds. The van der Waals surface area contributed by atoms with Crippen LogP contribution in [-0.2, 0) is 28.7 Å². The summed E-state index contributed by atoms with van der Waals surface area (Å²) in [5.74, 6) is -0.944. The van der Waals surface area contributed by atoms with E-state index in [2.05, 4.69) is 10.3 Å². The van der Waals surface area contributed by atoms with Crippen LogP contribution in [0.15, 0.2) is 34.7 Å². The number of aliphatic hydroxyl groups is 1. The highest BCUT2D eigenvalue weighted by atomic mass is 32.2. The number of unbranched alkanes of at least 4 members (excludes halogenated alkanes) is 1. The zero-order valence-corrected chi connectivity index (χ0v) is 20.5. The third-order valence-corrected chi connectivity index (χ3v) is 6.42. The van der Waals surface area contributed by atoms with Crippen LogP contribution in [0.1, 0.15) is 46.4 Å². The quantitative estimate of drug-likeness (QED) is 0.217. The maximum Gasteiger partial charge on any atom is 0.303 e. The molecule has 35 heavy (non-hydrogen) atoms. The minimum absolute atomic E-state index is 0.0418. The first-order valence-electron chi connectivity index (χ1n) is 11.2. The molecule has 0 aliphatic carbocycles. The molecule has 0 fully saturated rings. The highest BCUT2D eigenvalue weighted by Gasteiger charge is 2.24. The van der Waals surface area contributed by atoms with Gasteiger partial charge in [0, 0.05) is 32.2 Å². The van der Waals surface area contributed by atoms with Crippen molar-refractivity contribution in [2.75, 3.05) is 20.2 Å². The van der Waals surface area contributed by atoms with Crippen LogP contribution >= 0.6 is 0 Å². The van der Waals surface area contributed by atoms with Crippen molar-refractivity contribution >= 4 is 33.9 Å². The Morgan fingerprint density at radius 1 is 1.17 bits per heavy atom. The number of furan rings is 1. The van der Waals surface area contributed by atoms with E-state index >= 15 is 0 Å². The minimum atomic E-state index is -2.95. The summed E-state index contributed by atoms with van der Waals surface area (Å²) in [6.45, 7) is 1.83. The zero-order valence-electron chi connectivity index (χ0n) is 19.6. The van der Waals surface area contributed by atoms with Gasteiger partial charge in [0.25, 0.3) is 5.91 Å². The lowest BCUT2D eigenvalue weighted by Gasteiger charge is -2.16. The molecular formula is C24H29N3O7S. The number of carbonyl (C=O) groups is 2. The number of nitrogens with zero attached hydrogens (tertiary/aromatic N) is 2. The summed E-state index contributed by atoms with van der Waals surface area (Å²) in [5.41, 5.74) is 3.23. The molecule has 3 rings (SSSR count). The second-order valence-electron chi connectivity index (χ2n) is 8.15. The Hall–Kier alpha value is -3.28. The number of aryl methyl sites for hydroxylation is 1. The molecule has 188 valence electrons. The monoisotopic (exact) mass is 503 g/mol. The molecule has 3 aromatic rings. The van der Waals surface area contributed by atoms with Gasteiger partial charge < -0.3 is 19.9 Å². The molecule has 2 aromatic heterocycles. The molecule has 0 atom stereocenters. The Kier molecular flexibility index (Phi) is 8.96. The molecule has 0 aliphatic heterocycles. The van der Waals surface area contributed by atoms with Gasteiger partial charge in [-0.3, -0.25) is 9.59 Å². The fourth-order valence-electron chi connectivity index (χ4n) is 3.80. The van der Waals surface area contributed by atoms with E-state index in [0.717, 1.165) is 5.56 Å². The van der Waals surface area contributed by atoms with Gasteiger partial charge in [0.15, 0.2) is 0 Å². The van der Waals surface area contributed by atoms with Gasteiger partial charge in [-0.2, -0.15) is 4.31 Å². The van der Waals surface area contributed by atoms with Crippen LogP contribution in [0.25, 0.3) is 22.4 Å². The van der Waals surface area contributed by atoms with Crippen molar-refractivity contribution in [1.29, 1.82) is 0 Å². The van der Waals surface area contributed by atoms with E-state index in [9.17, 15) is 23.1 Å². The molecule has 0 saturated heterocycles. The number of nitrogens with one attached hydrogen (secondary N) is 1. The number of rotatable bonds is 12. The number of carboxylic acids is 1. The molecule has 0 spiro atoms. The Bertz CT molecular complexity index is 1270. The van der Waals surface area contributed by atoms with Crippen LogP contribution in [0.4, 0.5) is 0 Å². The third kappa shape index (κ3) is 6.44. The molecule has 10 nitrogen and oxygen atoms in total. The smallest absolute Gasteiger partial charge is 0.303 e. The van der Waals surface area contributed by atoms with Crippen LogP contribution in [-0.4, -0.2) is 60.0 Å². The molecule has 0 saturated carbocycles. The maximum atomic E-state index is 12.8. The molecule has 0 aliphatic rings. The van der Waals surface area contributed by atoms with Crippen molar-refractivity contribution < 1.29 is 32.6 Å². The van der Waals surface area contributed by atoms with Gasteiger partial charge in [-0.1, -0.05) is 29.8 Å². The van der Waals surface area contributed by atoms with E-state index in [0.29, 0.717) is 46.4 Å². The van der Waals surface area contributed by atoms with Crippen molar-refractivity contribution in [3.63, 3.8) is 0 Å². The topological polar surface area (TPSA) is 150 Å². The van der Waals surface area contributed by atoms with E-state index < -0.39 is 16.9 Å². The summed E-state index contributed by atoms with van der Waals surface area (Å²) in [6.07, 6.45) is 0.893. The van der Waals surface area contributed by atoms with E-state index in [-0.39, 0.29) is 44.2 Å². The predicted octanol–water partition coefficient (Wildman–Crippen LogP) is 2.28. The molecular weight excluding hydrogens is 474 g/mol. The minimum Gasteiger partial charge on any atom is -0.481 e. The van der Waals surface area contributed by atoms with E-state index in [1.807, 2.05) is 31.2 Å². The van der Waals surface area contributed by atoms with Gasteiger partial charge in [-0.15, -0.1) is 0 Å². The summed E-state index contributed by atoms with van der Waals surface area (Å²) in [7, 11) is -1.43. The van der Waals surface area contributed by atoms with Gasteiger partial charge in [-0.05, 0) is 37.8 Å². The van der Waals surface area contributed by atoms with E-state index in [1.165, 1.54) is 11.4 Å². The second-order valence-corrected chi connectivity index (χ2v) is 9.19. The lowest BCUT2D eigenvalue weighted by molar-refractivity contribution is -0.137. The van der Waals surface area contributed by atoms with Gasteiger partial charge in [-0.25, -0.2) is 13.4 Å². The highest BCUT2D eigenvalue weighted by molar-refractivity contribution is 7.69. The molecule has 2 heterocycles. The van der Waals surface area contributed by atoms with Crippen LogP contribution in [0, 0.1) is 6.92 Å². The standard InChI is InChI=1S/C24H29N3O7S/c1-15-6-8-16(9-7-15)22-21(23(31)25-2)18-13-17(10-12-28)19(26-24(18)34-22)14-27(35(32)33)11-4-3-5-20(29)30/h6-9,13,28,35H,3-5,10-12,14H2,1-2H3,(H,25,31)(H,29,30). The van der Waals surface area contributed by atoms with Crippen LogP contribution in [0.3, 0.4) is 0 Å². The van der Waals surface area contributed by atoms with Crippen molar-refractivity contribution in [2.24, 2.45) is 0 Å². The number of thiol groups is 1. The summed E-state index contributed by atoms with van der Waals surface area (Å²) in [5, 5.41) is 21.5. The number of carboxylic acid groups (broad SMARTS) is 1. The lowest BCUT2D eigenvalue weighted by Crippen LogP contribution is -2.24. The summed E-state index contributed by atoms with van der Waals surface area (Å²) >= 11 is 0. The Morgan fingerprint density at radius 3 is 2.49 bits per heavy atom. The fourth-order valence-corrected chi connectivity index (χ4v) is 4.35. The van der Waals surface area contributed by atoms with E-state index in [1.54, 1.807) is 6.07 Å². The average Bonchev–Trinajstić information content (AvgIpc) is 3.19. The van der Waals surface area contributed by atoms with Gasteiger partial charge in [0.1, 0.15) is 5.76 Å². The number of hydrogen-bond acceptors (Lipinski definition) is 7. The summed E-state index contributed by atoms with van der Waals surface area (Å²) < 4.78 is 30.9. The highest BCUT2D eigenvalue weighted by Crippen LogP contribution is 2.34. The average molecular weight is 504 g/mol. The number of pyridine rings is 1. The predicted molar refractivity (Wildman–Crippen MR) is 131 cm³/mol. The van der Waals surface area contributed by atoms with Gasteiger partial charge in [0.2, 0.25) is 16.6 Å². The fraction of sp³-hybridized carbons (Fsp3) is 0.375. The first-order chi connectivity index (χ1) is 16.7. The normalized spacial score (nSPS) is 11.5. The summed E-state index contributed by atoms with van der Waals surface area (Å²) in [4.78, 5) is 28.1. The first kappa shape index (κ1) is 26.3. The summed E-state index contributed by atoms with van der Waals surface area (Å²) in [6, 6.07) is 9.20. The molecule has 0 bridgehead atoms. The number of amides is 1. The first-order valence-corrected chi connectivity index (χ1v) is 12.3. The molecule has 0 radical (unpaired) electrons. The second kappa shape index (κ2) is 11.9. The molecule has 11 heteroatoms. The van der Waals surface area contributed by atoms with Crippen LogP contribution < -0.4 is 5.32 Å². The number of fused-ring (bicyclic) bond motifs is 1. The number of carbonyl (C=O) groups excluding carboxylic acids is 1. The zero-order chi connectivity index (χ0) is 25.5. The van der Waals surface area contributed by atoms with Crippen molar-refractivity contribution in [1.82, 2.24) is 14.6 Å². The van der Waals surface area contributed by atoms with Gasteiger partial charge in [0.05, 0.1) is 23.2 Å². The molecule has 3 N–H and O–H groups in total. The lowest BCUT2D eigenvalue weighted by atomic mass is 10.0. The number of aliphatic hydroxyl groups excluding tert-OH is 1. The van der Waals surface area contributed by atoms with Crippen LogP contribution in [0.2, 0.25) is 0 Å². The van der Waals surface area contributed by atoms with Crippen molar-refractivity contribution in [3.8, 4) is 11.3 Å². The van der Waals surface area contributed by atoms with E-state index in [4.69, 9.17) is 9.52 Å². The number of aromatic nitrogens is 1. The Balaban J connectivity index is 2.05. The number of benzene rings is 1.